The van der Waals surface area contributed by atoms with Crippen molar-refractivity contribution in [2.24, 2.45) is 22.0 Å². The van der Waals surface area contributed by atoms with Crippen molar-refractivity contribution in [3.63, 3.8) is 0 Å². The van der Waals surface area contributed by atoms with E-state index in [0.717, 1.165) is 12.8 Å². The number of carbonyl (C=O) groups excluding carboxylic acids is 2. The van der Waals surface area contributed by atoms with Crippen LogP contribution in [0.4, 0.5) is 5.69 Å². The zero-order valence-corrected chi connectivity index (χ0v) is 11.5. The van der Waals surface area contributed by atoms with E-state index in [-0.39, 0.29) is 11.7 Å². The molecule has 1 aliphatic carbocycles. The van der Waals surface area contributed by atoms with Crippen LogP contribution >= 0.6 is 0 Å². The highest BCUT2D eigenvalue weighted by Crippen LogP contribution is 2.39. The summed E-state index contributed by atoms with van der Waals surface area (Å²) in [5, 5.41) is 14.7. The van der Waals surface area contributed by atoms with E-state index in [9.17, 15) is 9.59 Å². The minimum Gasteiger partial charge on any atom is -0.409 e. The molecule has 0 unspecified atom stereocenters. The number of carbonyl (C=O) groups is 2. The topological polar surface area (TPSA) is 131 Å². The highest BCUT2D eigenvalue weighted by molar-refractivity contribution is 6.12. The van der Waals surface area contributed by atoms with E-state index in [1.807, 2.05) is 0 Å². The lowest BCUT2D eigenvalue weighted by Crippen LogP contribution is -2.45. The van der Waals surface area contributed by atoms with Gasteiger partial charge in [0.15, 0.2) is 5.84 Å². The second kappa shape index (κ2) is 5.82. The number of amides is 2. The lowest BCUT2D eigenvalue weighted by molar-refractivity contribution is -0.122. The Morgan fingerprint density at radius 1 is 1.14 bits per heavy atom. The first-order valence-corrected chi connectivity index (χ1v) is 6.69. The van der Waals surface area contributed by atoms with Gasteiger partial charge in [-0.15, -0.1) is 0 Å². The van der Waals surface area contributed by atoms with Crippen molar-refractivity contribution >= 4 is 23.3 Å². The summed E-state index contributed by atoms with van der Waals surface area (Å²) in [6.07, 6.45) is 2.80. The van der Waals surface area contributed by atoms with Crippen LogP contribution in [0.2, 0.25) is 0 Å². The lowest BCUT2D eigenvalue weighted by Gasteiger charge is -2.25. The fourth-order valence-electron chi connectivity index (χ4n) is 2.64. The summed E-state index contributed by atoms with van der Waals surface area (Å²) in [6.45, 7) is 0. The summed E-state index contributed by atoms with van der Waals surface area (Å²) in [5.74, 6) is -0.898. The van der Waals surface area contributed by atoms with Crippen molar-refractivity contribution in [3.05, 3.63) is 29.8 Å². The normalized spacial score (nSPS) is 17.4. The molecule has 1 aliphatic rings. The van der Waals surface area contributed by atoms with E-state index in [0.29, 0.717) is 24.1 Å². The van der Waals surface area contributed by atoms with Crippen LogP contribution in [0.5, 0.6) is 0 Å². The third kappa shape index (κ3) is 2.81. The van der Waals surface area contributed by atoms with Crippen molar-refractivity contribution in [3.8, 4) is 0 Å². The van der Waals surface area contributed by atoms with Crippen LogP contribution in [0, 0.1) is 5.41 Å². The third-order valence-electron chi connectivity index (χ3n) is 3.92. The van der Waals surface area contributed by atoms with Crippen molar-refractivity contribution in [1.29, 1.82) is 0 Å². The van der Waals surface area contributed by atoms with Gasteiger partial charge in [0, 0.05) is 11.3 Å². The number of anilines is 1. The average molecular weight is 290 g/mol. The van der Waals surface area contributed by atoms with Crippen molar-refractivity contribution in [2.45, 2.75) is 25.7 Å². The van der Waals surface area contributed by atoms with Gasteiger partial charge in [-0.25, -0.2) is 0 Å². The zero-order chi connectivity index (χ0) is 15.5. The van der Waals surface area contributed by atoms with Gasteiger partial charge in [-0.1, -0.05) is 18.0 Å². The molecule has 0 heterocycles. The summed E-state index contributed by atoms with van der Waals surface area (Å²) in [4.78, 5) is 23.5. The van der Waals surface area contributed by atoms with Gasteiger partial charge in [-0.2, -0.15) is 0 Å². The van der Waals surface area contributed by atoms with Gasteiger partial charge in [0.1, 0.15) is 5.41 Å². The number of nitrogens with two attached hydrogens (primary N) is 2. The van der Waals surface area contributed by atoms with Crippen LogP contribution in [0.3, 0.4) is 0 Å². The van der Waals surface area contributed by atoms with E-state index >= 15 is 0 Å². The molecular formula is C14H18N4O3. The number of hydrogen-bond acceptors (Lipinski definition) is 4. The molecule has 1 aromatic rings. The van der Waals surface area contributed by atoms with Crippen molar-refractivity contribution in [1.82, 2.24) is 0 Å². The van der Waals surface area contributed by atoms with E-state index in [1.54, 1.807) is 12.1 Å². The van der Waals surface area contributed by atoms with E-state index in [1.165, 1.54) is 12.1 Å². The maximum Gasteiger partial charge on any atom is 0.248 e. The number of nitrogens with one attached hydrogen (secondary N) is 1. The molecule has 0 atom stereocenters. The quantitative estimate of drug-likeness (QED) is 0.285. The molecule has 7 nitrogen and oxygen atoms in total. The second-order valence-electron chi connectivity index (χ2n) is 5.17. The number of primary amides is 1. The maximum absolute atomic E-state index is 12.5. The number of amidine groups is 1. The first kappa shape index (κ1) is 14.8. The molecule has 2 amide bonds. The first-order chi connectivity index (χ1) is 9.99. The van der Waals surface area contributed by atoms with E-state index in [4.69, 9.17) is 16.7 Å². The number of hydrogen-bond donors (Lipinski definition) is 4. The molecule has 1 aromatic carbocycles. The summed E-state index contributed by atoms with van der Waals surface area (Å²) < 4.78 is 0. The van der Waals surface area contributed by atoms with Crippen LogP contribution in [-0.2, 0) is 4.79 Å². The minimum atomic E-state index is -0.961. The summed E-state index contributed by atoms with van der Waals surface area (Å²) in [6, 6.07) is 6.24. The highest BCUT2D eigenvalue weighted by atomic mass is 16.4. The molecule has 7 heteroatoms. The largest absolute Gasteiger partial charge is 0.409 e. The SMILES string of the molecule is NC(=O)c1ccc(NC(=O)C2(C(N)=NO)CCCC2)cc1. The molecule has 0 radical (unpaired) electrons. The first-order valence-electron chi connectivity index (χ1n) is 6.69. The Labute approximate surface area is 122 Å². The summed E-state index contributed by atoms with van der Waals surface area (Å²) in [7, 11) is 0. The molecular weight excluding hydrogens is 272 g/mol. The molecule has 0 aliphatic heterocycles. The zero-order valence-electron chi connectivity index (χ0n) is 11.5. The highest BCUT2D eigenvalue weighted by Gasteiger charge is 2.45. The number of nitrogens with zero attached hydrogens (tertiary/aromatic N) is 1. The van der Waals surface area contributed by atoms with Crippen LogP contribution in [-0.4, -0.2) is 22.9 Å². The van der Waals surface area contributed by atoms with E-state index in [2.05, 4.69) is 10.5 Å². The third-order valence-corrected chi connectivity index (χ3v) is 3.92. The van der Waals surface area contributed by atoms with Gasteiger partial charge in [-0.3, -0.25) is 9.59 Å². The van der Waals surface area contributed by atoms with Gasteiger partial charge >= 0.3 is 0 Å². The van der Waals surface area contributed by atoms with Crippen molar-refractivity contribution < 1.29 is 14.8 Å². The van der Waals surface area contributed by atoms with Gasteiger partial charge in [0.05, 0.1) is 0 Å². The minimum absolute atomic E-state index is 0.0637. The number of oxime groups is 1. The Kier molecular flexibility index (Phi) is 4.11. The standard InChI is InChI=1S/C14H18N4O3/c15-11(19)9-3-5-10(6-4-9)17-13(20)14(12(16)18-21)7-1-2-8-14/h3-6,21H,1-2,7-8H2,(H2,15,19)(H2,16,18)(H,17,20). The molecule has 0 spiro atoms. The van der Waals surface area contributed by atoms with Gasteiger partial charge < -0.3 is 22.0 Å². The molecule has 1 fully saturated rings. The fourth-order valence-corrected chi connectivity index (χ4v) is 2.64. The maximum atomic E-state index is 12.5. The molecule has 112 valence electrons. The molecule has 21 heavy (non-hydrogen) atoms. The molecule has 0 bridgehead atoms. The number of rotatable bonds is 4. The smallest absolute Gasteiger partial charge is 0.248 e. The summed E-state index contributed by atoms with van der Waals surface area (Å²) in [5.41, 5.74) is 10.8. The van der Waals surface area contributed by atoms with Crippen LogP contribution in [0.1, 0.15) is 36.0 Å². The molecule has 6 N–H and O–H groups in total. The van der Waals surface area contributed by atoms with Gasteiger partial charge in [0.25, 0.3) is 0 Å². The molecule has 1 saturated carbocycles. The Bertz CT molecular complexity index is 574. The lowest BCUT2D eigenvalue weighted by atomic mass is 9.83. The molecule has 0 aromatic heterocycles. The van der Waals surface area contributed by atoms with Crippen LogP contribution in [0.25, 0.3) is 0 Å². The van der Waals surface area contributed by atoms with Crippen LogP contribution < -0.4 is 16.8 Å². The Morgan fingerprint density at radius 2 is 1.71 bits per heavy atom. The second-order valence-corrected chi connectivity index (χ2v) is 5.17. The summed E-state index contributed by atoms with van der Waals surface area (Å²) >= 11 is 0. The Hall–Kier alpha value is -2.57. The van der Waals surface area contributed by atoms with E-state index < -0.39 is 11.3 Å². The predicted molar refractivity (Wildman–Crippen MR) is 77.9 cm³/mol. The van der Waals surface area contributed by atoms with Crippen molar-refractivity contribution in [2.75, 3.05) is 5.32 Å². The average Bonchev–Trinajstić information content (AvgIpc) is 2.97. The van der Waals surface area contributed by atoms with Crippen LogP contribution in [0.15, 0.2) is 29.4 Å². The monoisotopic (exact) mass is 290 g/mol. The van der Waals surface area contributed by atoms with Gasteiger partial charge in [-0.05, 0) is 37.1 Å². The number of benzene rings is 1. The fraction of sp³-hybridized carbons (Fsp3) is 0.357. The van der Waals surface area contributed by atoms with Gasteiger partial charge in [0.2, 0.25) is 11.8 Å². The molecule has 0 saturated heterocycles. The predicted octanol–water partition coefficient (Wildman–Crippen LogP) is 1.03. The Morgan fingerprint density at radius 3 is 2.19 bits per heavy atom. The Balaban J connectivity index is 2.18. The molecule has 2 rings (SSSR count).